The molecule has 0 aliphatic heterocycles. The molecule has 1 aromatic carbocycles. The summed E-state index contributed by atoms with van der Waals surface area (Å²) in [7, 11) is 0. The molecule has 5 heteroatoms. The number of ether oxygens (including phenoxy) is 1. The van der Waals surface area contributed by atoms with Crippen LogP contribution in [0.15, 0.2) is 24.4 Å². The first-order valence-electron chi connectivity index (χ1n) is 5.77. The molecule has 1 heterocycles. The Morgan fingerprint density at radius 1 is 1.26 bits per heavy atom. The van der Waals surface area contributed by atoms with Gasteiger partial charge in [-0.1, -0.05) is 23.2 Å². The van der Waals surface area contributed by atoms with Crippen molar-refractivity contribution in [3.05, 3.63) is 51.3 Å². The van der Waals surface area contributed by atoms with Crippen LogP contribution in [0.1, 0.15) is 16.8 Å². The van der Waals surface area contributed by atoms with Gasteiger partial charge in [0, 0.05) is 16.9 Å². The van der Waals surface area contributed by atoms with Crippen LogP contribution >= 0.6 is 23.2 Å². The number of pyridine rings is 1. The highest BCUT2D eigenvalue weighted by molar-refractivity contribution is 6.35. The van der Waals surface area contributed by atoms with E-state index in [2.05, 4.69) is 4.98 Å². The summed E-state index contributed by atoms with van der Waals surface area (Å²) in [5, 5.41) is 1.05. The average Bonchev–Trinajstić information content (AvgIpc) is 2.37. The van der Waals surface area contributed by atoms with Gasteiger partial charge < -0.3 is 10.5 Å². The van der Waals surface area contributed by atoms with E-state index in [1.807, 2.05) is 13.8 Å². The van der Waals surface area contributed by atoms with E-state index in [1.165, 1.54) is 0 Å². The topological polar surface area (TPSA) is 48.1 Å². The van der Waals surface area contributed by atoms with Gasteiger partial charge in [-0.2, -0.15) is 0 Å². The Bertz CT molecular complexity index is 615. The van der Waals surface area contributed by atoms with Crippen molar-refractivity contribution in [2.75, 3.05) is 5.73 Å². The lowest BCUT2D eigenvalue weighted by molar-refractivity contribution is 0.300. The third-order valence-electron chi connectivity index (χ3n) is 2.93. The van der Waals surface area contributed by atoms with Crippen molar-refractivity contribution < 1.29 is 4.74 Å². The maximum Gasteiger partial charge on any atom is 0.138 e. The highest BCUT2D eigenvalue weighted by atomic mass is 35.5. The largest absolute Gasteiger partial charge is 0.486 e. The highest BCUT2D eigenvalue weighted by Gasteiger charge is 2.08. The van der Waals surface area contributed by atoms with Crippen LogP contribution in [0.3, 0.4) is 0 Å². The fourth-order valence-electron chi connectivity index (χ4n) is 1.68. The number of aryl methyl sites for hydroxylation is 1. The van der Waals surface area contributed by atoms with Crippen molar-refractivity contribution in [1.29, 1.82) is 0 Å². The lowest BCUT2D eigenvalue weighted by Crippen LogP contribution is -2.05. The van der Waals surface area contributed by atoms with E-state index in [9.17, 15) is 0 Å². The molecule has 0 atom stereocenters. The molecule has 0 saturated heterocycles. The number of rotatable bonds is 3. The molecule has 100 valence electrons. The third-order valence-corrected chi connectivity index (χ3v) is 3.46. The Morgan fingerprint density at radius 2 is 2.00 bits per heavy atom. The Morgan fingerprint density at radius 3 is 2.68 bits per heavy atom. The van der Waals surface area contributed by atoms with Crippen molar-refractivity contribution in [2.45, 2.75) is 20.5 Å². The van der Waals surface area contributed by atoms with Gasteiger partial charge >= 0.3 is 0 Å². The zero-order valence-corrected chi connectivity index (χ0v) is 12.2. The quantitative estimate of drug-likeness (QED) is 0.925. The molecule has 2 aromatic rings. The Hall–Kier alpha value is -1.45. The number of nitrogens with two attached hydrogens (primary N) is 1. The summed E-state index contributed by atoms with van der Waals surface area (Å²) in [5.74, 6) is 0.575. The van der Waals surface area contributed by atoms with Gasteiger partial charge in [0.25, 0.3) is 0 Å². The minimum Gasteiger partial charge on any atom is -0.486 e. The lowest BCUT2D eigenvalue weighted by atomic mass is 10.1. The first kappa shape index (κ1) is 14.0. The van der Waals surface area contributed by atoms with E-state index in [1.54, 1.807) is 24.4 Å². The summed E-state index contributed by atoms with van der Waals surface area (Å²) in [5.41, 5.74) is 9.41. The standard InChI is InChI=1S/C14H14Cl2N2O/c1-8-6-18-12(9(2)14(8)17)7-19-13-4-3-10(15)5-11(13)16/h3-6H,7H2,1-2H3,(H2,17,18). The second kappa shape index (κ2) is 5.68. The van der Waals surface area contributed by atoms with Crippen molar-refractivity contribution in [1.82, 2.24) is 4.98 Å². The van der Waals surface area contributed by atoms with Crippen LogP contribution in [-0.2, 0) is 6.61 Å². The molecule has 0 aliphatic carbocycles. The summed E-state index contributed by atoms with van der Waals surface area (Å²) in [6, 6.07) is 5.10. The number of aromatic nitrogens is 1. The number of hydrogen-bond acceptors (Lipinski definition) is 3. The molecule has 0 unspecified atom stereocenters. The van der Waals surface area contributed by atoms with E-state index in [0.29, 0.717) is 22.4 Å². The van der Waals surface area contributed by atoms with Crippen molar-refractivity contribution in [3.63, 3.8) is 0 Å². The van der Waals surface area contributed by atoms with Gasteiger partial charge in [-0.3, -0.25) is 4.98 Å². The maximum absolute atomic E-state index is 6.04. The SMILES string of the molecule is Cc1cnc(COc2ccc(Cl)cc2Cl)c(C)c1N. The number of benzene rings is 1. The summed E-state index contributed by atoms with van der Waals surface area (Å²) in [6.07, 6.45) is 1.74. The normalized spacial score (nSPS) is 10.5. The van der Waals surface area contributed by atoms with Gasteiger partial charge in [-0.25, -0.2) is 0 Å². The van der Waals surface area contributed by atoms with Crippen LogP contribution in [0.5, 0.6) is 5.75 Å². The molecule has 0 radical (unpaired) electrons. The number of nitrogen functional groups attached to an aromatic ring is 1. The fraction of sp³-hybridized carbons (Fsp3) is 0.214. The number of nitrogens with zero attached hydrogens (tertiary/aromatic N) is 1. The number of halogens is 2. The lowest BCUT2D eigenvalue weighted by Gasteiger charge is -2.12. The first-order valence-corrected chi connectivity index (χ1v) is 6.53. The van der Waals surface area contributed by atoms with Crippen LogP contribution in [0.4, 0.5) is 5.69 Å². The second-order valence-electron chi connectivity index (χ2n) is 4.29. The summed E-state index contributed by atoms with van der Waals surface area (Å²) in [4.78, 5) is 4.33. The highest BCUT2D eigenvalue weighted by Crippen LogP contribution is 2.28. The molecular weight excluding hydrogens is 283 g/mol. The summed E-state index contributed by atoms with van der Waals surface area (Å²) < 4.78 is 5.64. The van der Waals surface area contributed by atoms with Gasteiger partial charge in [0.05, 0.1) is 10.7 Å². The van der Waals surface area contributed by atoms with Gasteiger partial charge in [-0.05, 0) is 43.2 Å². The van der Waals surface area contributed by atoms with Gasteiger partial charge in [-0.15, -0.1) is 0 Å². The monoisotopic (exact) mass is 296 g/mol. The maximum atomic E-state index is 6.04. The molecule has 2 N–H and O–H groups in total. The van der Waals surface area contributed by atoms with Gasteiger partial charge in [0.1, 0.15) is 12.4 Å². The van der Waals surface area contributed by atoms with Crippen molar-refractivity contribution in [2.24, 2.45) is 0 Å². The Kier molecular flexibility index (Phi) is 4.17. The van der Waals surface area contributed by atoms with E-state index in [0.717, 1.165) is 22.5 Å². The summed E-state index contributed by atoms with van der Waals surface area (Å²) in [6.45, 7) is 4.17. The van der Waals surface area contributed by atoms with Gasteiger partial charge in [0.15, 0.2) is 0 Å². The molecule has 0 amide bonds. The zero-order valence-electron chi connectivity index (χ0n) is 10.7. The molecule has 0 saturated carbocycles. The van der Waals surface area contributed by atoms with Crippen LogP contribution in [0.2, 0.25) is 10.0 Å². The van der Waals surface area contributed by atoms with Crippen molar-refractivity contribution >= 4 is 28.9 Å². The third kappa shape index (κ3) is 3.11. The van der Waals surface area contributed by atoms with Gasteiger partial charge in [0.2, 0.25) is 0 Å². The van der Waals surface area contributed by atoms with E-state index < -0.39 is 0 Å². The second-order valence-corrected chi connectivity index (χ2v) is 5.13. The molecule has 19 heavy (non-hydrogen) atoms. The molecule has 0 aliphatic rings. The molecule has 0 bridgehead atoms. The fourth-order valence-corrected chi connectivity index (χ4v) is 2.14. The van der Waals surface area contributed by atoms with Crippen LogP contribution in [-0.4, -0.2) is 4.98 Å². The minimum atomic E-state index is 0.317. The van der Waals surface area contributed by atoms with Crippen molar-refractivity contribution in [3.8, 4) is 5.75 Å². The predicted molar refractivity (Wildman–Crippen MR) is 78.9 cm³/mol. The number of anilines is 1. The Balaban J connectivity index is 2.17. The van der Waals surface area contributed by atoms with E-state index >= 15 is 0 Å². The molecule has 1 aromatic heterocycles. The Labute approximate surface area is 122 Å². The average molecular weight is 297 g/mol. The molecule has 0 spiro atoms. The first-order chi connectivity index (χ1) is 8.99. The molecular formula is C14H14Cl2N2O. The molecule has 0 fully saturated rings. The van der Waals surface area contributed by atoms with E-state index in [4.69, 9.17) is 33.7 Å². The zero-order chi connectivity index (χ0) is 14.0. The molecule has 3 nitrogen and oxygen atoms in total. The van der Waals surface area contributed by atoms with E-state index in [-0.39, 0.29) is 0 Å². The van der Waals surface area contributed by atoms with Crippen LogP contribution < -0.4 is 10.5 Å². The minimum absolute atomic E-state index is 0.317. The predicted octanol–water partition coefficient (Wildman–Crippen LogP) is 4.17. The summed E-state index contributed by atoms with van der Waals surface area (Å²) >= 11 is 11.9. The van der Waals surface area contributed by atoms with Crippen LogP contribution in [0, 0.1) is 13.8 Å². The van der Waals surface area contributed by atoms with Crippen LogP contribution in [0.25, 0.3) is 0 Å². The smallest absolute Gasteiger partial charge is 0.138 e. The molecule has 2 rings (SSSR count). The number of hydrogen-bond donors (Lipinski definition) is 1.